The van der Waals surface area contributed by atoms with Crippen LogP contribution in [0.15, 0.2) is 12.3 Å². The molecule has 2 heterocycles. The van der Waals surface area contributed by atoms with Crippen molar-refractivity contribution in [3.8, 4) is 0 Å². The SMILES string of the molecule is Cc1[nH]ccc1C(=O)N[C@H]1CCCNC1. The molecule has 0 radical (unpaired) electrons. The van der Waals surface area contributed by atoms with Gasteiger partial charge in [0.1, 0.15) is 0 Å². The van der Waals surface area contributed by atoms with E-state index in [1.807, 2.05) is 13.0 Å². The highest BCUT2D eigenvalue weighted by Gasteiger charge is 2.17. The van der Waals surface area contributed by atoms with Crippen LogP contribution in [-0.2, 0) is 0 Å². The summed E-state index contributed by atoms with van der Waals surface area (Å²) >= 11 is 0. The third kappa shape index (κ3) is 2.39. The van der Waals surface area contributed by atoms with Crippen molar-refractivity contribution in [2.75, 3.05) is 13.1 Å². The molecule has 0 aliphatic carbocycles. The highest BCUT2D eigenvalue weighted by atomic mass is 16.1. The second kappa shape index (κ2) is 4.49. The number of hydrogen-bond donors (Lipinski definition) is 3. The Balaban J connectivity index is 1.94. The van der Waals surface area contributed by atoms with Crippen LogP contribution in [0.25, 0.3) is 0 Å². The van der Waals surface area contributed by atoms with Gasteiger partial charge in [-0.05, 0) is 32.4 Å². The molecule has 4 heteroatoms. The molecule has 0 saturated carbocycles. The molecule has 3 N–H and O–H groups in total. The van der Waals surface area contributed by atoms with Gasteiger partial charge in [-0.1, -0.05) is 0 Å². The number of carbonyl (C=O) groups is 1. The lowest BCUT2D eigenvalue weighted by Gasteiger charge is -2.23. The van der Waals surface area contributed by atoms with Gasteiger partial charge in [0.05, 0.1) is 5.56 Å². The number of carbonyl (C=O) groups excluding carboxylic acids is 1. The molecule has 1 atom stereocenters. The number of aromatic nitrogens is 1. The fourth-order valence-electron chi connectivity index (χ4n) is 1.94. The number of amides is 1. The van der Waals surface area contributed by atoms with E-state index in [1.54, 1.807) is 6.20 Å². The lowest BCUT2D eigenvalue weighted by Crippen LogP contribution is -2.45. The molecular formula is C11H17N3O. The normalized spacial score (nSPS) is 21.3. The summed E-state index contributed by atoms with van der Waals surface area (Å²) < 4.78 is 0. The molecule has 2 rings (SSSR count). The van der Waals surface area contributed by atoms with Crippen LogP contribution < -0.4 is 10.6 Å². The van der Waals surface area contributed by atoms with E-state index in [0.717, 1.165) is 37.2 Å². The Morgan fingerprint density at radius 1 is 1.60 bits per heavy atom. The molecule has 1 fully saturated rings. The van der Waals surface area contributed by atoms with Gasteiger partial charge in [0.15, 0.2) is 0 Å². The molecule has 0 spiro atoms. The average molecular weight is 207 g/mol. The summed E-state index contributed by atoms with van der Waals surface area (Å²) in [6.07, 6.45) is 4.00. The summed E-state index contributed by atoms with van der Waals surface area (Å²) in [5.74, 6) is 0.0300. The maximum absolute atomic E-state index is 11.8. The van der Waals surface area contributed by atoms with Gasteiger partial charge in [-0.2, -0.15) is 0 Å². The van der Waals surface area contributed by atoms with Crippen molar-refractivity contribution in [3.63, 3.8) is 0 Å². The van der Waals surface area contributed by atoms with E-state index < -0.39 is 0 Å². The van der Waals surface area contributed by atoms with Crippen molar-refractivity contribution >= 4 is 5.91 Å². The lowest BCUT2D eigenvalue weighted by atomic mass is 10.1. The third-order valence-corrected chi connectivity index (χ3v) is 2.83. The van der Waals surface area contributed by atoms with Gasteiger partial charge >= 0.3 is 0 Å². The zero-order chi connectivity index (χ0) is 10.7. The van der Waals surface area contributed by atoms with Gasteiger partial charge in [0, 0.05) is 24.5 Å². The Morgan fingerprint density at radius 3 is 3.07 bits per heavy atom. The van der Waals surface area contributed by atoms with Crippen molar-refractivity contribution < 1.29 is 4.79 Å². The number of hydrogen-bond acceptors (Lipinski definition) is 2. The maximum atomic E-state index is 11.8. The van der Waals surface area contributed by atoms with E-state index in [2.05, 4.69) is 15.6 Å². The van der Waals surface area contributed by atoms with Crippen LogP contribution in [-0.4, -0.2) is 30.0 Å². The molecular weight excluding hydrogens is 190 g/mol. The van der Waals surface area contributed by atoms with Crippen molar-refractivity contribution in [2.24, 2.45) is 0 Å². The Labute approximate surface area is 89.5 Å². The molecule has 82 valence electrons. The lowest BCUT2D eigenvalue weighted by molar-refractivity contribution is 0.0930. The first-order valence-electron chi connectivity index (χ1n) is 5.43. The topological polar surface area (TPSA) is 56.9 Å². The largest absolute Gasteiger partial charge is 0.365 e. The van der Waals surface area contributed by atoms with Crippen LogP contribution in [0.2, 0.25) is 0 Å². The van der Waals surface area contributed by atoms with Crippen molar-refractivity contribution in [1.29, 1.82) is 0 Å². The van der Waals surface area contributed by atoms with E-state index in [4.69, 9.17) is 0 Å². The Morgan fingerprint density at radius 2 is 2.47 bits per heavy atom. The smallest absolute Gasteiger partial charge is 0.253 e. The second-order valence-corrected chi connectivity index (χ2v) is 4.03. The molecule has 1 aromatic heterocycles. The molecule has 1 saturated heterocycles. The van der Waals surface area contributed by atoms with Gasteiger partial charge in [-0.15, -0.1) is 0 Å². The second-order valence-electron chi connectivity index (χ2n) is 4.03. The van der Waals surface area contributed by atoms with Gasteiger partial charge in [0.2, 0.25) is 0 Å². The van der Waals surface area contributed by atoms with Crippen LogP contribution in [0.3, 0.4) is 0 Å². The van der Waals surface area contributed by atoms with E-state index >= 15 is 0 Å². The van der Waals surface area contributed by atoms with E-state index in [9.17, 15) is 4.79 Å². The average Bonchev–Trinajstić information content (AvgIpc) is 2.66. The predicted octanol–water partition coefficient (Wildman–Crippen LogP) is 0.805. The monoisotopic (exact) mass is 207 g/mol. The first-order chi connectivity index (χ1) is 7.27. The quantitative estimate of drug-likeness (QED) is 0.672. The van der Waals surface area contributed by atoms with Gasteiger partial charge in [0.25, 0.3) is 5.91 Å². The van der Waals surface area contributed by atoms with Gasteiger partial charge < -0.3 is 15.6 Å². The van der Waals surface area contributed by atoms with E-state index in [0.29, 0.717) is 0 Å². The molecule has 1 aromatic rings. The molecule has 0 unspecified atom stereocenters. The summed E-state index contributed by atoms with van der Waals surface area (Å²) in [6, 6.07) is 2.10. The minimum absolute atomic E-state index is 0.0300. The van der Waals surface area contributed by atoms with E-state index in [-0.39, 0.29) is 11.9 Å². The fraction of sp³-hybridized carbons (Fsp3) is 0.545. The van der Waals surface area contributed by atoms with Gasteiger partial charge in [-0.25, -0.2) is 0 Å². The molecule has 0 bridgehead atoms. The van der Waals surface area contributed by atoms with Gasteiger partial charge in [-0.3, -0.25) is 4.79 Å². The molecule has 0 aromatic carbocycles. The van der Waals surface area contributed by atoms with Crippen molar-refractivity contribution in [1.82, 2.24) is 15.6 Å². The number of piperidine rings is 1. The first kappa shape index (κ1) is 10.2. The van der Waals surface area contributed by atoms with Crippen molar-refractivity contribution in [3.05, 3.63) is 23.5 Å². The molecule has 1 aliphatic rings. The summed E-state index contributed by atoms with van der Waals surface area (Å²) in [5.41, 5.74) is 1.68. The van der Waals surface area contributed by atoms with E-state index in [1.165, 1.54) is 0 Å². The van der Waals surface area contributed by atoms with Crippen LogP contribution >= 0.6 is 0 Å². The maximum Gasteiger partial charge on any atom is 0.253 e. The molecule has 15 heavy (non-hydrogen) atoms. The first-order valence-corrected chi connectivity index (χ1v) is 5.43. The van der Waals surface area contributed by atoms with Crippen LogP contribution in [0.1, 0.15) is 28.9 Å². The fourth-order valence-corrected chi connectivity index (χ4v) is 1.94. The third-order valence-electron chi connectivity index (χ3n) is 2.83. The standard InChI is InChI=1S/C11H17N3O/c1-8-10(4-6-13-8)11(15)14-9-3-2-5-12-7-9/h4,6,9,12-13H,2-3,5,7H2,1H3,(H,14,15)/t9-/m0/s1. The molecule has 1 aliphatic heterocycles. The zero-order valence-corrected chi connectivity index (χ0v) is 8.97. The minimum atomic E-state index is 0.0300. The summed E-state index contributed by atoms with van der Waals surface area (Å²) in [4.78, 5) is 14.8. The predicted molar refractivity (Wildman–Crippen MR) is 58.9 cm³/mol. The Bertz CT molecular complexity index is 339. The number of H-pyrrole nitrogens is 1. The number of aryl methyl sites for hydroxylation is 1. The van der Waals surface area contributed by atoms with Crippen LogP contribution in [0.5, 0.6) is 0 Å². The molecule has 4 nitrogen and oxygen atoms in total. The number of aromatic amines is 1. The zero-order valence-electron chi connectivity index (χ0n) is 8.97. The Hall–Kier alpha value is -1.29. The minimum Gasteiger partial charge on any atom is -0.365 e. The molecule has 1 amide bonds. The highest BCUT2D eigenvalue weighted by Crippen LogP contribution is 2.07. The highest BCUT2D eigenvalue weighted by molar-refractivity contribution is 5.95. The van der Waals surface area contributed by atoms with Crippen LogP contribution in [0, 0.1) is 6.92 Å². The summed E-state index contributed by atoms with van der Waals surface area (Å²) in [7, 11) is 0. The van der Waals surface area contributed by atoms with Crippen LogP contribution in [0.4, 0.5) is 0 Å². The summed E-state index contributed by atoms with van der Waals surface area (Å²) in [6.45, 7) is 3.86. The Kier molecular flexibility index (Phi) is 3.06. The number of rotatable bonds is 2. The van der Waals surface area contributed by atoms with Crippen molar-refractivity contribution in [2.45, 2.75) is 25.8 Å². The summed E-state index contributed by atoms with van der Waals surface area (Å²) in [5, 5.41) is 6.32. The number of nitrogens with one attached hydrogen (secondary N) is 3.